The molecule has 2 heterocycles. The molecular formula is C32H29N3O2. The van der Waals surface area contributed by atoms with Crippen molar-refractivity contribution in [3.8, 4) is 34.1 Å². The van der Waals surface area contributed by atoms with Gasteiger partial charge in [-0.05, 0) is 53.6 Å². The Morgan fingerprint density at radius 3 is 2.38 bits per heavy atom. The summed E-state index contributed by atoms with van der Waals surface area (Å²) >= 11 is 0. The highest BCUT2D eigenvalue weighted by atomic mass is 16.5. The van der Waals surface area contributed by atoms with Gasteiger partial charge >= 0.3 is 0 Å². The Bertz CT molecular complexity index is 1720. The molecule has 0 unspecified atom stereocenters. The monoisotopic (exact) mass is 487 g/mol. The number of aromatic nitrogens is 3. The van der Waals surface area contributed by atoms with Crippen molar-refractivity contribution in [1.29, 1.82) is 0 Å². The predicted octanol–water partition coefficient (Wildman–Crippen LogP) is 7.35. The molecule has 6 rings (SSSR count). The standard InChI is InChI=1S/C32H29N3O2/c1-22-10-3-5-13-24(22)26-15-8-16-28-27(26)20-30(29-21-32(36)33-34(29)2)35(28)18-9-19-37-31-17-7-12-23-11-4-6-14-25(23)31/h3-8,10-17,20-21H,9,18-19H2,1-2H3,(H,33,36). The molecule has 0 aliphatic carbocycles. The Balaban J connectivity index is 1.36. The van der Waals surface area contributed by atoms with Gasteiger partial charge < -0.3 is 14.4 Å². The third-order valence-electron chi connectivity index (χ3n) is 7.04. The number of aryl methyl sites for hydroxylation is 3. The summed E-state index contributed by atoms with van der Waals surface area (Å²) in [6.07, 6.45) is 0.832. The zero-order chi connectivity index (χ0) is 25.4. The van der Waals surface area contributed by atoms with E-state index in [4.69, 9.17) is 4.74 Å². The molecular weight excluding hydrogens is 458 g/mol. The first-order valence-electron chi connectivity index (χ1n) is 12.6. The smallest absolute Gasteiger partial charge is 0.230 e. The van der Waals surface area contributed by atoms with Crippen LogP contribution in [-0.4, -0.2) is 26.1 Å². The van der Waals surface area contributed by atoms with Gasteiger partial charge in [0.1, 0.15) is 5.75 Å². The fraction of sp³-hybridized carbons (Fsp3) is 0.156. The van der Waals surface area contributed by atoms with Crippen LogP contribution >= 0.6 is 0 Å². The van der Waals surface area contributed by atoms with Crippen molar-refractivity contribution in [2.45, 2.75) is 19.9 Å². The van der Waals surface area contributed by atoms with E-state index in [-0.39, 0.29) is 5.88 Å². The fourth-order valence-corrected chi connectivity index (χ4v) is 5.27. The molecule has 6 aromatic rings. The molecule has 0 fully saturated rings. The van der Waals surface area contributed by atoms with Crippen LogP contribution in [0, 0.1) is 6.92 Å². The third kappa shape index (κ3) is 4.23. The van der Waals surface area contributed by atoms with Crippen LogP contribution in [-0.2, 0) is 13.6 Å². The maximum absolute atomic E-state index is 10.1. The highest BCUT2D eigenvalue weighted by Gasteiger charge is 2.18. The van der Waals surface area contributed by atoms with Gasteiger partial charge in [0.15, 0.2) is 0 Å². The molecule has 37 heavy (non-hydrogen) atoms. The average Bonchev–Trinajstić information content (AvgIpc) is 3.45. The number of aromatic hydroxyl groups is 1. The van der Waals surface area contributed by atoms with Crippen LogP contribution in [0.5, 0.6) is 11.6 Å². The van der Waals surface area contributed by atoms with Crippen LogP contribution in [0.2, 0.25) is 0 Å². The molecule has 0 amide bonds. The summed E-state index contributed by atoms with van der Waals surface area (Å²) in [5.41, 5.74) is 6.72. The summed E-state index contributed by atoms with van der Waals surface area (Å²) in [5.74, 6) is 0.932. The maximum atomic E-state index is 10.1. The number of ether oxygens (including phenoxy) is 1. The molecule has 1 N–H and O–H groups in total. The number of rotatable bonds is 7. The molecule has 4 aromatic carbocycles. The number of benzene rings is 4. The Hall–Kier alpha value is -4.51. The van der Waals surface area contributed by atoms with Crippen LogP contribution in [0.3, 0.4) is 0 Å². The minimum Gasteiger partial charge on any atom is -0.493 e. The lowest BCUT2D eigenvalue weighted by molar-refractivity contribution is 0.306. The largest absolute Gasteiger partial charge is 0.493 e. The fourth-order valence-electron chi connectivity index (χ4n) is 5.27. The maximum Gasteiger partial charge on any atom is 0.230 e. The molecule has 5 heteroatoms. The number of hydrogen-bond acceptors (Lipinski definition) is 3. The van der Waals surface area contributed by atoms with Crippen molar-refractivity contribution in [2.75, 3.05) is 6.61 Å². The van der Waals surface area contributed by atoms with Gasteiger partial charge in [0.25, 0.3) is 0 Å². The van der Waals surface area contributed by atoms with Gasteiger partial charge in [-0.15, -0.1) is 5.10 Å². The molecule has 0 radical (unpaired) electrons. The van der Waals surface area contributed by atoms with Crippen LogP contribution in [0.1, 0.15) is 12.0 Å². The van der Waals surface area contributed by atoms with E-state index in [1.807, 2.05) is 31.3 Å². The van der Waals surface area contributed by atoms with E-state index in [0.717, 1.165) is 41.0 Å². The van der Waals surface area contributed by atoms with Crippen LogP contribution in [0.25, 0.3) is 44.2 Å². The summed E-state index contributed by atoms with van der Waals surface area (Å²) < 4.78 is 10.3. The minimum absolute atomic E-state index is 0.0210. The van der Waals surface area contributed by atoms with E-state index in [1.165, 1.54) is 27.5 Å². The quantitative estimate of drug-likeness (QED) is 0.240. The zero-order valence-electron chi connectivity index (χ0n) is 21.1. The zero-order valence-corrected chi connectivity index (χ0v) is 21.1. The molecule has 0 atom stereocenters. The first-order chi connectivity index (χ1) is 18.1. The van der Waals surface area contributed by atoms with Gasteiger partial charge in [-0.2, -0.15) is 0 Å². The number of nitrogens with zero attached hydrogens (tertiary/aromatic N) is 3. The Morgan fingerprint density at radius 2 is 1.54 bits per heavy atom. The highest BCUT2D eigenvalue weighted by molar-refractivity contribution is 5.99. The highest BCUT2D eigenvalue weighted by Crippen LogP contribution is 2.37. The minimum atomic E-state index is 0.0210. The normalized spacial score (nSPS) is 11.4. The lowest BCUT2D eigenvalue weighted by Crippen LogP contribution is -2.07. The second-order valence-corrected chi connectivity index (χ2v) is 9.43. The molecule has 0 saturated carbocycles. The van der Waals surface area contributed by atoms with E-state index in [0.29, 0.717) is 6.61 Å². The Morgan fingerprint density at radius 1 is 0.784 bits per heavy atom. The van der Waals surface area contributed by atoms with Crippen molar-refractivity contribution >= 4 is 21.7 Å². The summed E-state index contributed by atoms with van der Waals surface area (Å²) in [4.78, 5) is 0. The van der Waals surface area contributed by atoms with Gasteiger partial charge in [0.2, 0.25) is 5.88 Å². The first kappa shape index (κ1) is 22.9. The number of hydrogen-bond donors (Lipinski definition) is 1. The molecule has 0 aliphatic heterocycles. The Labute approximate surface area is 216 Å². The predicted molar refractivity (Wildman–Crippen MR) is 150 cm³/mol. The average molecular weight is 488 g/mol. The first-order valence-corrected chi connectivity index (χ1v) is 12.6. The summed E-state index contributed by atoms with van der Waals surface area (Å²) in [7, 11) is 1.86. The summed E-state index contributed by atoms with van der Waals surface area (Å²) in [5, 5.41) is 17.8. The van der Waals surface area contributed by atoms with Gasteiger partial charge in [0, 0.05) is 35.9 Å². The van der Waals surface area contributed by atoms with Crippen molar-refractivity contribution in [1.82, 2.24) is 14.3 Å². The van der Waals surface area contributed by atoms with E-state index in [9.17, 15) is 5.11 Å². The van der Waals surface area contributed by atoms with Crippen LogP contribution < -0.4 is 4.74 Å². The molecule has 0 saturated heterocycles. The lowest BCUT2D eigenvalue weighted by atomic mass is 9.97. The molecule has 0 bridgehead atoms. The number of fused-ring (bicyclic) bond motifs is 2. The third-order valence-corrected chi connectivity index (χ3v) is 7.04. The SMILES string of the molecule is Cc1ccccc1-c1cccc2c1cc(-c1cc(O)nn1C)n2CCCOc1cccc2ccccc12. The van der Waals surface area contributed by atoms with E-state index >= 15 is 0 Å². The van der Waals surface area contributed by atoms with Crippen molar-refractivity contribution in [3.05, 3.63) is 103 Å². The molecule has 0 spiro atoms. The van der Waals surface area contributed by atoms with Gasteiger partial charge in [-0.25, -0.2) is 0 Å². The van der Waals surface area contributed by atoms with Gasteiger partial charge in [0.05, 0.1) is 18.0 Å². The lowest BCUT2D eigenvalue weighted by Gasteiger charge is -2.13. The van der Waals surface area contributed by atoms with Crippen LogP contribution in [0.15, 0.2) is 97.1 Å². The summed E-state index contributed by atoms with van der Waals surface area (Å²) in [6.45, 7) is 3.52. The van der Waals surface area contributed by atoms with Crippen molar-refractivity contribution in [2.24, 2.45) is 7.05 Å². The van der Waals surface area contributed by atoms with Gasteiger partial charge in [-0.1, -0.05) is 72.8 Å². The second-order valence-electron chi connectivity index (χ2n) is 9.43. The molecule has 184 valence electrons. The van der Waals surface area contributed by atoms with Gasteiger partial charge in [-0.3, -0.25) is 4.68 Å². The molecule has 2 aromatic heterocycles. The molecule has 0 aliphatic rings. The topological polar surface area (TPSA) is 52.2 Å². The van der Waals surface area contributed by atoms with E-state index in [2.05, 4.69) is 83.3 Å². The van der Waals surface area contributed by atoms with Crippen LogP contribution in [0.4, 0.5) is 0 Å². The van der Waals surface area contributed by atoms with E-state index < -0.39 is 0 Å². The Kier molecular flexibility index (Phi) is 5.89. The van der Waals surface area contributed by atoms with E-state index in [1.54, 1.807) is 10.7 Å². The second kappa shape index (κ2) is 9.51. The van der Waals surface area contributed by atoms with Crippen molar-refractivity contribution in [3.63, 3.8) is 0 Å². The molecule has 5 nitrogen and oxygen atoms in total. The summed E-state index contributed by atoms with van der Waals surface area (Å²) in [6, 6.07) is 33.4. The van der Waals surface area contributed by atoms with Crippen molar-refractivity contribution < 1.29 is 9.84 Å².